The predicted octanol–water partition coefficient (Wildman–Crippen LogP) is 4.36. The maximum atomic E-state index is 8.88. The maximum absolute atomic E-state index is 8.88. The third kappa shape index (κ3) is 4.39. The first-order chi connectivity index (χ1) is 9.81. The number of hydrogen-bond donors (Lipinski definition) is 1. The Morgan fingerprint density at radius 3 is 2.05 bits per heavy atom. The van der Waals surface area contributed by atoms with Gasteiger partial charge in [0.25, 0.3) is 0 Å². The van der Waals surface area contributed by atoms with Gasteiger partial charge in [-0.2, -0.15) is 0 Å². The third-order valence-electron chi connectivity index (χ3n) is 3.19. The van der Waals surface area contributed by atoms with Crippen molar-refractivity contribution in [2.75, 3.05) is 6.61 Å². The summed E-state index contributed by atoms with van der Waals surface area (Å²) in [6.07, 6.45) is 3.88. The molecule has 1 N–H and O–H groups in total. The van der Waals surface area contributed by atoms with E-state index < -0.39 is 0 Å². The normalized spacial score (nSPS) is 10.5. The van der Waals surface area contributed by atoms with Gasteiger partial charge in [0, 0.05) is 6.61 Å². The number of aryl methyl sites for hydroxylation is 2. The molecule has 0 saturated heterocycles. The summed E-state index contributed by atoms with van der Waals surface area (Å²) in [6, 6.07) is 16.3. The van der Waals surface area contributed by atoms with Gasteiger partial charge in [0.1, 0.15) is 11.5 Å². The van der Waals surface area contributed by atoms with E-state index in [0.717, 1.165) is 37.2 Å². The highest BCUT2D eigenvalue weighted by Gasteiger charge is 2.01. The fourth-order valence-electron chi connectivity index (χ4n) is 2.24. The van der Waals surface area contributed by atoms with E-state index in [-0.39, 0.29) is 6.61 Å². The molecule has 20 heavy (non-hydrogen) atoms. The molecule has 2 aromatic carbocycles. The van der Waals surface area contributed by atoms with Crippen molar-refractivity contribution < 1.29 is 9.84 Å². The van der Waals surface area contributed by atoms with Crippen LogP contribution in [0.1, 0.15) is 30.9 Å². The Kier molecular flexibility index (Phi) is 5.63. The molecule has 0 aliphatic carbocycles. The highest BCUT2D eigenvalue weighted by Crippen LogP contribution is 2.24. The van der Waals surface area contributed by atoms with E-state index >= 15 is 0 Å². The van der Waals surface area contributed by atoms with E-state index in [0.29, 0.717) is 0 Å². The lowest BCUT2D eigenvalue weighted by Gasteiger charge is -2.09. The molecule has 0 aliphatic heterocycles. The van der Waals surface area contributed by atoms with Gasteiger partial charge in [0.15, 0.2) is 0 Å². The van der Waals surface area contributed by atoms with Gasteiger partial charge in [-0.15, -0.1) is 0 Å². The molecule has 0 spiro atoms. The first-order valence-electron chi connectivity index (χ1n) is 7.28. The lowest BCUT2D eigenvalue weighted by atomic mass is 10.1. The summed E-state index contributed by atoms with van der Waals surface area (Å²) in [5, 5.41) is 8.88. The van der Waals surface area contributed by atoms with Crippen LogP contribution in [-0.2, 0) is 12.8 Å². The van der Waals surface area contributed by atoms with Crippen LogP contribution in [-0.4, -0.2) is 11.7 Å². The lowest BCUT2D eigenvalue weighted by Crippen LogP contribution is -1.91. The van der Waals surface area contributed by atoms with Crippen molar-refractivity contribution in [2.24, 2.45) is 0 Å². The number of rotatable bonds is 7. The van der Waals surface area contributed by atoms with Crippen molar-refractivity contribution in [3.8, 4) is 11.5 Å². The summed E-state index contributed by atoms with van der Waals surface area (Å²) in [7, 11) is 0. The second-order valence-corrected chi connectivity index (χ2v) is 4.97. The molecule has 106 valence electrons. The molecule has 0 fully saturated rings. The average Bonchev–Trinajstić information content (AvgIpc) is 2.46. The van der Waals surface area contributed by atoms with Crippen LogP contribution >= 0.6 is 0 Å². The molecule has 2 aromatic rings. The number of aliphatic hydroxyl groups excluding tert-OH is 1. The quantitative estimate of drug-likeness (QED) is 0.810. The number of ether oxygens (including phenoxy) is 1. The van der Waals surface area contributed by atoms with Crippen molar-refractivity contribution in [2.45, 2.75) is 32.6 Å². The summed E-state index contributed by atoms with van der Waals surface area (Å²) in [6.45, 7) is 2.41. The highest BCUT2D eigenvalue weighted by molar-refractivity contribution is 5.36. The minimum Gasteiger partial charge on any atom is -0.457 e. The van der Waals surface area contributed by atoms with E-state index in [1.54, 1.807) is 0 Å². The monoisotopic (exact) mass is 270 g/mol. The Morgan fingerprint density at radius 2 is 1.50 bits per heavy atom. The first-order valence-corrected chi connectivity index (χ1v) is 7.28. The molecule has 0 aliphatic rings. The Balaban J connectivity index is 2.07. The van der Waals surface area contributed by atoms with Gasteiger partial charge in [-0.3, -0.25) is 0 Å². The Morgan fingerprint density at radius 1 is 0.900 bits per heavy atom. The summed E-state index contributed by atoms with van der Waals surface area (Å²) in [5.74, 6) is 1.74. The molecule has 2 rings (SSSR count). The van der Waals surface area contributed by atoms with Crippen LogP contribution in [0.5, 0.6) is 11.5 Å². The van der Waals surface area contributed by atoms with Crippen molar-refractivity contribution in [3.05, 3.63) is 59.7 Å². The summed E-state index contributed by atoms with van der Waals surface area (Å²) in [4.78, 5) is 0. The molecule has 0 amide bonds. The van der Waals surface area contributed by atoms with Crippen LogP contribution < -0.4 is 4.74 Å². The average molecular weight is 270 g/mol. The van der Waals surface area contributed by atoms with Gasteiger partial charge in [-0.1, -0.05) is 37.6 Å². The SMILES string of the molecule is CCCc1cccc(Oc2cccc(CCCO)c2)c1. The van der Waals surface area contributed by atoms with Gasteiger partial charge in [-0.25, -0.2) is 0 Å². The fraction of sp³-hybridized carbons (Fsp3) is 0.333. The molecule has 2 heteroatoms. The molecule has 0 aromatic heterocycles. The Hall–Kier alpha value is -1.80. The predicted molar refractivity (Wildman–Crippen MR) is 82.4 cm³/mol. The van der Waals surface area contributed by atoms with Crippen molar-refractivity contribution >= 4 is 0 Å². The minimum absolute atomic E-state index is 0.226. The van der Waals surface area contributed by atoms with Crippen LogP contribution in [0.3, 0.4) is 0 Å². The number of hydrogen-bond acceptors (Lipinski definition) is 2. The molecule has 0 atom stereocenters. The largest absolute Gasteiger partial charge is 0.457 e. The standard InChI is InChI=1S/C18H22O2/c1-2-6-15-7-3-10-17(13-15)20-18-11-4-8-16(14-18)9-5-12-19/h3-4,7-8,10-11,13-14,19H,2,5-6,9,12H2,1H3. The zero-order valence-electron chi connectivity index (χ0n) is 12.0. The van der Waals surface area contributed by atoms with Crippen LogP contribution in [0.4, 0.5) is 0 Å². The molecule has 2 nitrogen and oxygen atoms in total. The van der Waals surface area contributed by atoms with Crippen molar-refractivity contribution in [1.29, 1.82) is 0 Å². The summed E-state index contributed by atoms with van der Waals surface area (Å²) >= 11 is 0. The minimum atomic E-state index is 0.226. The van der Waals surface area contributed by atoms with E-state index in [1.807, 2.05) is 30.3 Å². The van der Waals surface area contributed by atoms with E-state index in [2.05, 4.69) is 25.1 Å². The van der Waals surface area contributed by atoms with Crippen LogP contribution in [0.15, 0.2) is 48.5 Å². The van der Waals surface area contributed by atoms with Gasteiger partial charge in [0.05, 0.1) is 0 Å². The molecule has 0 unspecified atom stereocenters. The maximum Gasteiger partial charge on any atom is 0.127 e. The number of aliphatic hydroxyl groups is 1. The molecular formula is C18H22O2. The molecule has 0 radical (unpaired) electrons. The molecule has 0 saturated carbocycles. The van der Waals surface area contributed by atoms with E-state index in [9.17, 15) is 0 Å². The second-order valence-electron chi connectivity index (χ2n) is 4.97. The Bertz CT molecular complexity index is 534. The fourth-order valence-corrected chi connectivity index (χ4v) is 2.24. The molecular weight excluding hydrogens is 248 g/mol. The van der Waals surface area contributed by atoms with Crippen LogP contribution in [0.2, 0.25) is 0 Å². The molecule has 0 bridgehead atoms. The van der Waals surface area contributed by atoms with Gasteiger partial charge in [-0.05, 0) is 54.7 Å². The van der Waals surface area contributed by atoms with Crippen molar-refractivity contribution in [1.82, 2.24) is 0 Å². The van der Waals surface area contributed by atoms with Gasteiger partial charge in [0.2, 0.25) is 0 Å². The zero-order chi connectivity index (χ0) is 14.2. The van der Waals surface area contributed by atoms with E-state index in [4.69, 9.17) is 9.84 Å². The topological polar surface area (TPSA) is 29.5 Å². The van der Waals surface area contributed by atoms with Crippen LogP contribution in [0, 0.1) is 0 Å². The Labute approximate surface area is 121 Å². The second kappa shape index (κ2) is 7.71. The molecule has 0 heterocycles. The first kappa shape index (κ1) is 14.6. The van der Waals surface area contributed by atoms with Crippen molar-refractivity contribution in [3.63, 3.8) is 0 Å². The highest BCUT2D eigenvalue weighted by atomic mass is 16.5. The smallest absolute Gasteiger partial charge is 0.127 e. The van der Waals surface area contributed by atoms with Crippen LogP contribution in [0.25, 0.3) is 0 Å². The lowest BCUT2D eigenvalue weighted by molar-refractivity contribution is 0.288. The van der Waals surface area contributed by atoms with Gasteiger partial charge >= 0.3 is 0 Å². The number of benzene rings is 2. The third-order valence-corrected chi connectivity index (χ3v) is 3.19. The van der Waals surface area contributed by atoms with E-state index in [1.165, 1.54) is 11.1 Å². The zero-order valence-corrected chi connectivity index (χ0v) is 12.0. The summed E-state index contributed by atoms with van der Waals surface area (Å²) in [5.41, 5.74) is 2.50. The summed E-state index contributed by atoms with van der Waals surface area (Å²) < 4.78 is 5.92. The van der Waals surface area contributed by atoms with Gasteiger partial charge < -0.3 is 9.84 Å².